The number of hydrogen-bond donors (Lipinski definition) is 2. The molecule has 132 valence electrons. The van der Waals surface area contributed by atoms with Gasteiger partial charge in [-0.25, -0.2) is 4.79 Å². The van der Waals surface area contributed by atoms with E-state index in [-0.39, 0.29) is 5.91 Å². The molecule has 1 aromatic heterocycles. The molecule has 0 saturated heterocycles. The minimum Gasteiger partial charge on any atom is -0.444 e. The lowest BCUT2D eigenvalue weighted by Gasteiger charge is -2.23. The third-order valence-corrected chi connectivity index (χ3v) is 3.25. The first-order chi connectivity index (χ1) is 11.8. The summed E-state index contributed by atoms with van der Waals surface area (Å²) < 4.78 is 5.26. The van der Waals surface area contributed by atoms with Gasteiger partial charge in [0.1, 0.15) is 11.6 Å². The number of ether oxygens (including phenoxy) is 1. The molecule has 0 radical (unpaired) electrons. The second-order valence-electron chi connectivity index (χ2n) is 6.57. The van der Waals surface area contributed by atoms with E-state index >= 15 is 0 Å². The Bertz CT molecular complexity index is 697. The van der Waals surface area contributed by atoms with Crippen molar-refractivity contribution in [1.29, 1.82) is 0 Å². The van der Waals surface area contributed by atoms with Gasteiger partial charge in [-0.05, 0) is 38.0 Å². The molecule has 2 rings (SSSR count). The maximum Gasteiger partial charge on any atom is 0.408 e. The van der Waals surface area contributed by atoms with Gasteiger partial charge in [0.25, 0.3) is 0 Å². The van der Waals surface area contributed by atoms with Gasteiger partial charge in [0.15, 0.2) is 0 Å². The third-order valence-electron chi connectivity index (χ3n) is 3.25. The fourth-order valence-electron chi connectivity index (χ4n) is 2.17. The van der Waals surface area contributed by atoms with Crippen molar-refractivity contribution in [3.05, 3.63) is 66.0 Å². The molecule has 2 amide bonds. The van der Waals surface area contributed by atoms with E-state index < -0.39 is 17.7 Å². The van der Waals surface area contributed by atoms with Crippen LogP contribution in [0.2, 0.25) is 0 Å². The van der Waals surface area contributed by atoms with Gasteiger partial charge >= 0.3 is 6.09 Å². The van der Waals surface area contributed by atoms with E-state index in [4.69, 9.17) is 4.74 Å². The number of amides is 2. The number of carbonyl (C=O) groups excluding carboxylic acids is 2. The summed E-state index contributed by atoms with van der Waals surface area (Å²) in [5, 5.41) is 5.45. The van der Waals surface area contributed by atoms with Crippen LogP contribution in [0.1, 0.15) is 37.9 Å². The number of nitrogens with one attached hydrogen (secondary N) is 2. The second kappa shape index (κ2) is 8.28. The molecule has 1 heterocycles. The summed E-state index contributed by atoms with van der Waals surface area (Å²) in [6, 6.07) is 11.9. The SMILES string of the molecule is CC(C)(C)OC(=O)NC(C(=O)NCc1cccnc1)c1ccccc1. The molecule has 0 bridgehead atoms. The summed E-state index contributed by atoms with van der Waals surface area (Å²) in [6.07, 6.45) is 2.71. The zero-order chi connectivity index (χ0) is 18.3. The van der Waals surface area contributed by atoms with Crippen molar-refractivity contribution in [2.45, 2.75) is 39.0 Å². The highest BCUT2D eigenvalue weighted by Gasteiger charge is 2.25. The van der Waals surface area contributed by atoms with Gasteiger partial charge in [-0.3, -0.25) is 9.78 Å². The Kier molecular flexibility index (Phi) is 6.11. The molecule has 1 aromatic carbocycles. The van der Waals surface area contributed by atoms with Gasteiger partial charge in [-0.2, -0.15) is 0 Å². The van der Waals surface area contributed by atoms with Gasteiger partial charge in [0.2, 0.25) is 5.91 Å². The van der Waals surface area contributed by atoms with Crippen LogP contribution >= 0.6 is 0 Å². The molecular weight excluding hydrogens is 318 g/mol. The van der Waals surface area contributed by atoms with Crippen LogP contribution in [0.3, 0.4) is 0 Å². The first-order valence-corrected chi connectivity index (χ1v) is 8.06. The first-order valence-electron chi connectivity index (χ1n) is 8.06. The van der Waals surface area contributed by atoms with Crippen LogP contribution < -0.4 is 10.6 Å². The molecule has 0 aliphatic carbocycles. The molecule has 0 saturated carbocycles. The lowest BCUT2D eigenvalue weighted by molar-refractivity contribution is -0.123. The van der Waals surface area contributed by atoms with Gasteiger partial charge in [-0.1, -0.05) is 36.4 Å². The Hall–Kier alpha value is -2.89. The summed E-state index contributed by atoms with van der Waals surface area (Å²) in [5.74, 6) is -0.319. The number of alkyl carbamates (subject to hydrolysis) is 1. The largest absolute Gasteiger partial charge is 0.444 e. The van der Waals surface area contributed by atoms with Gasteiger partial charge in [0.05, 0.1) is 0 Å². The summed E-state index contributed by atoms with van der Waals surface area (Å²) >= 11 is 0. The molecule has 1 atom stereocenters. The lowest BCUT2D eigenvalue weighted by atomic mass is 10.1. The van der Waals surface area contributed by atoms with Crippen molar-refractivity contribution < 1.29 is 14.3 Å². The molecular formula is C19H23N3O3. The predicted molar refractivity (Wildman–Crippen MR) is 94.6 cm³/mol. The van der Waals surface area contributed by atoms with Gasteiger partial charge in [-0.15, -0.1) is 0 Å². The Morgan fingerprint density at radius 2 is 1.84 bits per heavy atom. The van der Waals surface area contributed by atoms with E-state index in [2.05, 4.69) is 15.6 Å². The zero-order valence-electron chi connectivity index (χ0n) is 14.7. The maximum absolute atomic E-state index is 12.6. The number of benzene rings is 1. The maximum atomic E-state index is 12.6. The van der Waals surface area contributed by atoms with Crippen molar-refractivity contribution in [2.24, 2.45) is 0 Å². The topological polar surface area (TPSA) is 80.3 Å². The van der Waals surface area contributed by atoms with E-state index in [1.807, 2.05) is 24.3 Å². The number of hydrogen-bond acceptors (Lipinski definition) is 4. The van der Waals surface area contributed by atoms with Crippen LogP contribution in [0.25, 0.3) is 0 Å². The van der Waals surface area contributed by atoms with Crippen molar-refractivity contribution in [3.8, 4) is 0 Å². The Morgan fingerprint density at radius 3 is 2.44 bits per heavy atom. The van der Waals surface area contributed by atoms with Crippen LogP contribution in [0, 0.1) is 0 Å². The fraction of sp³-hybridized carbons (Fsp3) is 0.316. The van der Waals surface area contributed by atoms with Crippen LogP contribution in [-0.2, 0) is 16.1 Å². The molecule has 0 aliphatic heterocycles. The monoisotopic (exact) mass is 341 g/mol. The Morgan fingerprint density at radius 1 is 1.12 bits per heavy atom. The summed E-state index contributed by atoms with van der Waals surface area (Å²) in [7, 11) is 0. The lowest BCUT2D eigenvalue weighted by Crippen LogP contribution is -2.42. The highest BCUT2D eigenvalue weighted by molar-refractivity contribution is 5.86. The standard InChI is InChI=1S/C19H23N3O3/c1-19(2,3)25-18(24)22-16(15-9-5-4-6-10-15)17(23)21-13-14-8-7-11-20-12-14/h4-12,16H,13H2,1-3H3,(H,21,23)(H,22,24). The van der Waals surface area contributed by atoms with E-state index in [1.165, 1.54) is 0 Å². The van der Waals surface area contributed by atoms with Crippen LogP contribution in [-0.4, -0.2) is 22.6 Å². The number of rotatable bonds is 5. The van der Waals surface area contributed by atoms with Crippen molar-refractivity contribution in [3.63, 3.8) is 0 Å². The summed E-state index contributed by atoms with van der Waals surface area (Å²) in [6.45, 7) is 5.64. The van der Waals surface area contributed by atoms with Crippen molar-refractivity contribution in [1.82, 2.24) is 15.6 Å². The molecule has 25 heavy (non-hydrogen) atoms. The molecule has 6 heteroatoms. The Balaban J connectivity index is 2.08. The second-order valence-corrected chi connectivity index (χ2v) is 6.57. The average molecular weight is 341 g/mol. The minimum atomic E-state index is -0.840. The molecule has 0 aliphatic rings. The smallest absolute Gasteiger partial charge is 0.408 e. The molecule has 2 N–H and O–H groups in total. The highest BCUT2D eigenvalue weighted by Crippen LogP contribution is 2.15. The molecule has 1 unspecified atom stereocenters. The van der Waals surface area contributed by atoms with Gasteiger partial charge in [0, 0.05) is 18.9 Å². The third kappa shape index (κ3) is 6.25. The number of nitrogens with zero attached hydrogens (tertiary/aromatic N) is 1. The van der Waals surface area contributed by atoms with Crippen molar-refractivity contribution in [2.75, 3.05) is 0 Å². The van der Waals surface area contributed by atoms with E-state index in [0.717, 1.165) is 5.56 Å². The average Bonchev–Trinajstić information content (AvgIpc) is 2.58. The van der Waals surface area contributed by atoms with Crippen LogP contribution in [0.5, 0.6) is 0 Å². The molecule has 0 spiro atoms. The Labute approximate surface area is 147 Å². The predicted octanol–water partition coefficient (Wildman–Crippen LogP) is 2.96. The normalized spacial score (nSPS) is 12.1. The molecule has 0 fully saturated rings. The van der Waals surface area contributed by atoms with Crippen LogP contribution in [0.15, 0.2) is 54.9 Å². The van der Waals surface area contributed by atoms with E-state index in [1.54, 1.807) is 51.4 Å². The zero-order valence-corrected chi connectivity index (χ0v) is 14.7. The number of pyridine rings is 1. The van der Waals surface area contributed by atoms with E-state index in [0.29, 0.717) is 12.1 Å². The number of carbonyl (C=O) groups is 2. The van der Waals surface area contributed by atoms with Gasteiger partial charge < -0.3 is 15.4 Å². The van der Waals surface area contributed by atoms with E-state index in [9.17, 15) is 9.59 Å². The minimum absolute atomic E-state index is 0.319. The van der Waals surface area contributed by atoms with Crippen molar-refractivity contribution >= 4 is 12.0 Å². The number of aromatic nitrogens is 1. The molecule has 6 nitrogen and oxygen atoms in total. The fourth-order valence-corrected chi connectivity index (χ4v) is 2.17. The summed E-state index contributed by atoms with van der Waals surface area (Å²) in [5.41, 5.74) is 0.911. The first kappa shape index (κ1) is 18.4. The summed E-state index contributed by atoms with van der Waals surface area (Å²) in [4.78, 5) is 28.7. The quantitative estimate of drug-likeness (QED) is 0.876. The molecule has 2 aromatic rings. The highest BCUT2D eigenvalue weighted by atomic mass is 16.6. The van der Waals surface area contributed by atoms with Crippen LogP contribution in [0.4, 0.5) is 4.79 Å².